The molecule has 0 aliphatic carbocycles. The van der Waals surface area contributed by atoms with Crippen LogP contribution in [0.25, 0.3) is 10.9 Å². The molecule has 19 heavy (non-hydrogen) atoms. The van der Waals surface area contributed by atoms with Crippen molar-refractivity contribution in [1.29, 1.82) is 0 Å². The molecule has 0 atom stereocenters. The van der Waals surface area contributed by atoms with E-state index in [0.717, 1.165) is 16.5 Å². The molecule has 2 aromatic heterocycles. The largest absolute Gasteiger partial charge is 0.348 e. The number of pyridine rings is 1. The third kappa shape index (κ3) is 2.63. The maximum Gasteiger partial charge on any atom is 0.251 e. The zero-order chi connectivity index (χ0) is 13.1. The van der Waals surface area contributed by atoms with Crippen LogP contribution in [0.4, 0.5) is 0 Å². The first-order chi connectivity index (χ1) is 9.33. The Kier molecular flexibility index (Phi) is 3.25. The van der Waals surface area contributed by atoms with Crippen LogP contribution in [0.5, 0.6) is 0 Å². The summed E-state index contributed by atoms with van der Waals surface area (Å²) >= 11 is 1.63. The highest BCUT2D eigenvalue weighted by Crippen LogP contribution is 2.13. The molecule has 1 aromatic carbocycles. The lowest BCUT2D eigenvalue weighted by atomic mass is 10.1. The summed E-state index contributed by atoms with van der Waals surface area (Å²) in [6.45, 7) is 0.563. The first-order valence-electron chi connectivity index (χ1n) is 5.97. The van der Waals surface area contributed by atoms with Crippen LogP contribution in [0.3, 0.4) is 0 Å². The van der Waals surface area contributed by atoms with Crippen molar-refractivity contribution in [2.75, 3.05) is 0 Å². The summed E-state index contributed by atoms with van der Waals surface area (Å²) in [6, 6.07) is 11.4. The van der Waals surface area contributed by atoms with Crippen LogP contribution in [0, 0.1) is 0 Å². The van der Waals surface area contributed by atoms with E-state index in [0.29, 0.717) is 12.1 Å². The average molecular weight is 268 g/mol. The van der Waals surface area contributed by atoms with Crippen molar-refractivity contribution in [1.82, 2.24) is 10.3 Å². The van der Waals surface area contributed by atoms with Gasteiger partial charge in [0.05, 0.1) is 5.52 Å². The quantitative estimate of drug-likeness (QED) is 0.792. The van der Waals surface area contributed by atoms with E-state index < -0.39 is 0 Å². The van der Waals surface area contributed by atoms with Gasteiger partial charge in [-0.1, -0.05) is 6.07 Å². The van der Waals surface area contributed by atoms with Crippen molar-refractivity contribution >= 4 is 28.1 Å². The van der Waals surface area contributed by atoms with Crippen LogP contribution in [-0.4, -0.2) is 10.9 Å². The summed E-state index contributed by atoms with van der Waals surface area (Å²) < 4.78 is 0. The fraction of sp³-hybridized carbons (Fsp3) is 0.0667. The highest BCUT2D eigenvalue weighted by atomic mass is 32.1. The maximum absolute atomic E-state index is 12.1. The highest BCUT2D eigenvalue weighted by Gasteiger charge is 2.06. The number of hydrogen-bond acceptors (Lipinski definition) is 3. The molecule has 94 valence electrons. The van der Waals surface area contributed by atoms with E-state index in [1.54, 1.807) is 23.6 Å². The summed E-state index contributed by atoms with van der Waals surface area (Å²) in [4.78, 5) is 16.3. The molecule has 0 radical (unpaired) electrons. The van der Waals surface area contributed by atoms with Crippen molar-refractivity contribution in [2.45, 2.75) is 6.54 Å². The summed E-state index contributed by atoms with van der Waals surface area (Å²) in [5.74, 6) is -0.0584. The Morgan fingerprint density at radius 1 is 1.26 bits per heavy atom. The molecule has 0 unspecified atom stereocenters. The SMILES string of the molecule is O=C(NCc1ccsc1)c1ccc2ncccc2c1. The molecular formula is C15H12N2OS. The number of nitrogens with one attached hydrogen (secondary N) is 1. The number of nitrogens with zero attached hydrogens (tertiary/aromatic N) is 1. The normalized spacial score (nSPS) is 10.5. The molecule has 0 bridgehead atoms. The lowest BCUT2D eigenvalue weighted by Crippen LogP contribution is -2.22. The zero-order valence-corrected chi connectivity index (χ0v) is 11.0. The van der Waals surface area contributed by atoms with Crippen LogP contribution in [0.1, 0.15) is 15.9 Å². The van der Waals surface area contributed by atoms with Crippen molar-refractivity contribution in [2.24, 2.45) is 0 Å². The van der Waals surface area contributed by atoms with E-state index in [9.17, 15) is 4.79 Å². The predicted molar refractivity (Wildman–Crippen MR) is 77.2 cm³/mol. The number of benzene rings is 1. The number of hydrogen-bond donors (Lipinski definition) is 1. The Balaban J connectivity index is 1.77. The molecule has 3 nitrogen and oxygen atoms in total. The van der Waals surface area contributed by atoms with Crippen molar-refractivity contribution in [3.8, 4) is 0 Å². The van der Waals surface area contributed by atoms with Crippen molar-refractivity contribution in [3.05, 3.63) is 64.5 Å². The second-order valence-electron chi connectivity index (χ2n) is 4.23. The van der Waals surface area contributed by atoms with E-state index in [4.69, 9.17) is 0 Å². The highest BCUT2D eigenvalue weighted by molar-refractivity contribution is 7.07. The third-order valence-corrected chi connectivity index (χ3v) is 3.63. The smallest absolute Gasteiger partial charge is 0.251 e. The topological polar surface area (TPSA) is 42.0 Å². The van der Waals surface area contributed by atoms with Crippen LogP contribution >= 0.6 is 11.3 Å². The van der Waals surface area contributed by atoms with Crippen LogP contribution < -0.4 is 5.32 Å². The number of rotatable bonds is 3. The van der Waals surface area contributed by atoms with Crippen LogP contribution in [-0.2, 0) is 6.54 Å². The van der Waals surface area contributed by atoms with Gasteiger partial charge in [-0.25, -0.2) is 0 Å². The molecule has 2 heterocycles. The molecule has 1 amide bonds. The minimum absolute atomic E-state index is 0.0584. The second-order valence-corrected chi connectivity index (χ2v) is 5.01. The third-order valence-electron chi connectivity index (χ3n) is 2.90. The Bertz CT molecular complexity index is 707. The van der Waals surface area contributed by atoms with Gasteiger partial charge in [0, 0.05) is 23.7 Å². The molecule has 0 aliphatic rings. The van der Waals surface area contributed by atoms with Crippen molar-refractivity contribution < 1.29 is 4.79 Å². The number of amides is 1. The molecule has 3 aromatic rings. The van der Waals surface area contributed by atoms with E-state index in [1.165, 1.54) is 0 Å². The molecule has 3 rings (SSSR count). The number of fused-ring (bicyclic) bond motifs is 1. The Labute approximate surface area is 114 Å². The minimum Gasteiger partial charge on any atom is -0.348 e. The second kappa shape index (κ2) is 5.20. The van der Waals surface area contributed by atoms with Gasteiger partial charge in [-0.2, -0.15) is 11.3 Å². The molecule has 0 saturated carbocycles. The minimum atomic E-state index is -0.0584. The maximum atomic E-state index is 12.1. The van der Waals surface area contributed by atoms with E-state index in [1.807, 2.05) is 41.1 Å². The Morgan fingerprint density at radius 2 is 2.21 bits per heavy atom. The lowest BCUT2D eigenvalue weighted by Gasteiger charge is -2.05. The fourth-order valence-corrected chi connectivity index (χ4v) is 2.56. The Morgan fingerprint density at radius 3 is 3.05 bits per heavy atom. The monoisotopic (exact) mass is 268 g/mol. The number of carbonyl (C=O) groups excluding carboxylic acids is 1. The molecule has 0 spiro atoms. The molecule has 0 saturated heterocycles. The van der Waals surface area contributed by atoms with Crippen molar-refractivity contribution in [3.63, 3.8) is 0 Å². The molecule has 0 fully saturated rings. The van der Waals surface area contributed by atoms with Crippen LogP contribution in [0.15, 0.2) is 53.4 Å². The Hall–Kier alpha value is -2.20. The fourth-order valence-electron chi connectivity index (χ4n) is 1.89. The van der Waals surface area contributed by atoms with Gasteiger partial charge in [0.25, 0.3) is 5.91 Å². The summed E-state index contributed by atoms with van der Waals surface area (Å²) in [6.07, 6.45) is 1.75. The molecule has 0 aliphatic heterocycles. The van der Waals surface area contributed by atoms with Gasteiger partial charge in [0.2, 0.25) is 0 Å². The van der Waals surface area contributed by atoms with E-state index >= 15 is 0 Å². The standard InChI is InChI=1S/C15H12N2OS/c18-15(17-9-11-5-7-19-10-11)13-3-4-14-12(8-13)2-1-6-16-14/h1-8,10H,9H2,(H,17,18). The van der Waals surface area contributed by atoms with Gasteiger partial charge in [0.15, 0.2) is 0 Å². The van der Waals surface area contributed by atoms with E-state index in [2.05, 4.69) is 10.3 Å². The average Bonchev–Trinajstić information content (AvgIpc) is 2.97. The first-order valence-corrected chi connectivity index (χ1v) is 6.91. The molecule has 1 N–H and O–H groups in total. The first kappa shape index (κ1) is 11.9. The molecule has 4 heteroatoms. The van der Waals surface area contributed by atoms with Gasteiger partial charge in [0.1, 0.15) is 0 Å². The van der Waals surface area contributed by atoms with Gasteiger partial charge in [-0.3, -0.25) is 9.78 Å². The van der Waals surface area contributed by atoms with Gasteiger partial charge >= 0.3 is 0 Å². The summed E-state index contributed by atoms with van der Waals surface area (Å²) in [5, 5.41) is 7.93. The molecular weight excluding hydrogens is 256 g/mol. The summed E-state index contributed by atoms with van der Waals surface area (Å²) in [7, 11) is 0. The van der Waals surface area contributed by atoms with Gasteiger partial charge < -0.3 is 5.32 Å². The number of aromatic nitrogens is 1. The van der Waals surface area contributed by atoms with Gasteiger partial charge in [-0.05, 0) is 46.7 Å². The number of thiophene rings is 1. The lowest BCUT2D eigenvalue weighted by molar-refractivity contribution is 0.0951. The zero-order valence-electron chi connectivity index (χ0n) is 10.2. The van der Waals surface area contributed by atoms with Crippen LogP contribution in [0.2, 0.25) is 0 Å². The summed E-state index contributed by atoms with van der Waals surface area (Å²) in [5.41, 5.74) is 2.69. The predicted octanol–water partition coefficient (Wildman–Crippen LogP) is 3.23. The van der Waals surface area contributed by atoms with Gasteiger partial charge in [-0.15, -0.1) is 0 Å². The number of carbonyl (C=O) groups is 1. The van der Waals surface area contributed by atoms with E-state index in [-0.39, 0.29) is 5.91 Å².